The van der Waals surface area contributed by atoms with Crippen LogP contribution in [0.15, 0.2) is 45.4 Å². The Morgan fingerprint density at radius 3 is 2.78 bits per heavy atom. The second-order valence-corrected chi connectivity index (χ2v) is 8.01. The van der Waals surface area contributed by atoms with Crippen LogP contribution in [-0.2, 0) is 9.84 Å². The minimum Gasteiger partial charge on any atom is -0.345 e. The molecule has 0 aliphatic carbocycles. The molecule has 0 fully saturated rings. The second kappa shape index (κ2) is 5.86. The number of aromatic nitrogens is 1. The van der Waals surface area contributed by atoms with Crippen molar-refractivity contribution in [3.05, 3.63) is 51.7 Å². The van der Waals surface area contributed by atoms with Gasteiger partial charge in [-0.25, -0.2) is 8.42 Å². The lowest BCUT2D eigenvalue weighted by atomic mass is 10.1. The summed E-state index contributed by atoms with van der Waals surface area (Å²) in [5.41, 5.74) is 0.118. The maximum absolute atomic E-state index is 12.2. The van der Waals surface area contributed by atoms with Gasteiger partial charge in [0.2, 0.25) is 0 Å². The molecular formula is C15H14N2O4S2. The topological polar surface area (TPSA) is 96.1 Å². The molecule has 0 saturated carbocycles. The third kappa shape index (κ3) is 3.32. The molecule has 0 bridgehead atoms. The van der Waals surface area contributed by atoms with Crippen molar-refractivity contribution < 1.29 is 13.2 Å². The maximum Gasteiger partial charge on any atom is 0.261 e. The minimum atomic E-state index is -3.26. The summed E-state index contributed by atoms with van der Waals surface area (Å²) in [5.74, 6) is -0.768. The molecule has 1 aromatic heterocycles. The highest BCUT2D eigenvalue weighted by Crippen LogP contribution is 2.20. The van der Waals surface area contributed by atoms with Crippen molar-refractivity contribution in [2.75, 3.05) is 12.0 Å². The number of hydrogen-bond acceptors (Lipinski definition) is 5. The Kier molecular flexibility index (Phi) is 4.03. The average molecular weight is 350 g/mol. The SMILES string of the molecule is CSc1ccc2cc(C(=O)N[C@@H]3C=CS(=O)(=O)C3)c(=O)[nH]c2c1. The average Bonchev–Trinajstić information content (AvgIpc) is 2.84. The van der Waals surface area contributed by atoms with E-state index >= 15 is 0 Å². The van der Waals surface area contributed by atoms with Crippen LogP contribution in [0.25, 0.3) is 10.9 Å². The number of thioether (sulfide) groups is 1. The predicted molar refractivity (Wildman–Crippen MR) is 90.5 cm³/mol. The van der Waals surface area contributed by atoms with Gasteiger partial charge in [0.1, 0.15) is 5.56 Å². The largest absolute Gasteiger partial charge is 0.345 e. The molecule has 0 saturated heterocycles. The molecule has 0 unspecified atom stereocenters. The molecule has 2 N–H and O–H groups in total. The number of nitrogens with one attached hydrogen (secondary N) is 2. The number of carbonyl (C=O) groups is 1. The number of fused-ring (bicyclic) bond motifs is 1. The quantitative estimate of drug-likeness (QED) is 0.813. The van der Waals surface area contributed by atoms with Crippen LogP contribution in [0.1, 0.15) is 10.4 Å². The summed E-state index contributed by atoms with van der Waals surface area (Å²) < 4.78 is 22.7. The van der Waals surface area contributed by atoms with Crippen molar-refractivity contribution in [1.82, 2.24) is 10.3 Å². The highest BCUT2D eigenvalue weighted by atomic mass is 32.2. The molecular weight excluding hydrogens is 336 g/mol. The summed E-state index contributed by atoms with van der Waals surface area (Å²) in [6.07, 6.45) is 3.34. The van der Waals surface area contributed by atoms with Crippen LogP contribution in [-0.4, -0.2) is 37.4 Å². The Balaban J connectivity index is 1.90. The fourth-order valence-electron chi connectivity index (χ4n) is 2.39. The van der Waals surface area contributed by atoms with E-state index in [1.165, 1.54) is 12.1 Å². The lowest BCUT2D eigenvalue weighted by Crippen LogP contribution is -2.38. The Hall–Kier alpha value is -2.06. The molecule has 8 heteroatoms. The fourth-order valence-corrected chi connectivity index (χ4v) is 4.06. The molecule has 1 aliphatic heterocycles. The highest BCUT2D eigenvalue weighted by molar-refractivity contribution is 7.98. The van der Waals surface area contributed by atoms with Crippen LogP contribution in [0.2, 0.25) is 0 Å². The summed E-state index contributed by atoms with van der Waals surface area (Å²) >= 11 is 1.56. The number of sulfone groups is 1. The van der Waals surface area contributed by atoms with Gasteiger partial charge in [-0.15, -0.1) is 11.8 Å². The van der Waals surface area contributed by atoms with Crippen molar-refractivity contribution in [3.8, 4) is 0 Å². The van der Waals surface area contributed by atoms with Gasteiger partial charge in [0.25, 0.3) is 11.5 Å². The van der Waals surface area contributed by atoms with Crippen molar-refractivity contribution >= 4 is 38.4 Å². The van der Waals surface area contributed by atoms with Crippen LogP contribution in [0.4, 0.5) is 0 Å². The lowest BCUT2D eigenvalue weighted by molar-refractivity contribution is 0.0946. The van der Waals surface area contributed by atoms with Crippen LogP contribution in [0, 0.1) is 0 Å². The van der Waals surface area contributed by atoms with E-state index in [9.17, 15) is 18.0 Å². The molecule has 6 nitrogen and oxygen atoms in total. The van der Waals surface area contributed by atoms with Crippen molar-refractivity contribution in [3.63, 3.8) is 0 Å². The first kappa shape index (κ1) is 15.8. The highest BCUT2D eigenvalue weighted by Gasteiger charge is 2.24. The van der Waals surface area contributed by atoms with Gasteiger partial charge in [0, 0.05) is 15.8 Å². The van der Waals surface area contributed by atoms with Gasteiger partial charge in [-0.3, -0.25) is 9.59 Å². The lowest BCUT2D eigenvalue weighted by Gasteiger charge is -2.10. The van der Waals surface area contributed by atoms with Crippen LogP contribution >= 0.6 is 11.8 Å². The number of H-pyrrole nitrogens is 1. The molecule has 23 heavy (non-hydrogen) atoms. The van der Waals surface area contributed by atoms with Crippen LogP contribution < -0.4 is 10.9 Å². The fraction of sp³-hybridized carbons (Fsp3) is 0.200. The van der Waals surface area contributed by atoms with Gasteiger partial charge in [0.05, 0.1) is 11.8 Å². The molecule has 1 aliphatic rings. The van der Waals surface area contributed by atoms with E-state index in [4.69, 9.17) is 0 Å². The molecule has 120 valence electrons. The molecule has 2 aromatic rings. The minimum absolute atomic E-state index is 0.0351. The van der Waals surface area contributed by atoms with Gasteiger partial charge in [-0.05, 0) is 35.9 Å². The molecule has 0 radical (unpaired) electrons. The predicted octanol–water partition coefficient (Wildman–Crippen LogP) is 1.29. The first-order chi connectivity index (χ1) is 10.9. The number of pyridine rings is 1. The van der Waals surface area contributed by atoms with E-state index in [1.54, 1.807) is 11.8 Å². The number of rotatable bonds is 3. The Morgan fingerprint density at radius 2 is 2.13 bits per heavy atom. The standard InChI is InChI=1S/C15H14N2O4S2/c1-22-11-3-2-9-6-12(15(19)17-13(9)7-11)14(18)16-10-4-5-23(20,21)8-10/h2-7,10H,8H2,1H3,(H,16,18)(H,17,19)/t10-/m1/s1. The normalized spacial score (nSPS) is 19.1. The zero-order chi connectivity index (χ0) is 16.6. The number of carbonyl (C=O) groups excluding carboxylic acids is 1. The smallest absolute Gasteiger partial charge is 0.261 e. The van der Waals surface area contributed by atoms with Crippen LogP contribution in [0.3, 0.4) is 0 Å². The molecule has 1 aromatic carbocycles. The van der Waals surface area contributed by atoms with E-state index in [2.05, 4.69) is 10.3 Å². The first-order valence-corrected chi connectivity index (χ1v) is 9.75. The molecule has 2 heterocycles. The summed E-state index contributed by atoms with van der Waals surface area (Å²) in [4.78, 5) is 28.0. The van der Waals surface area contributed by atoms with Gasteiger partial charge < -0.3 is 10.3 Å². The molecule has 1 amide bonds. The van der Waals surface area contributed by atoms with E-state index in [0.29, 0.717) is 5.52 Å². The van der Waals surface area contributed by atoms with E-state index in [0.717, 1.165) is 15.7 Å². The van der Waals surface area contributed by atoms with Gasteiger partial charge in [0.15, 0.2) is 9.84 Å². The van der Waals surface area contributed by atoms with Crippen LogP contribution in [0.5, 0.6) is 0 Å². The first-order valence-electron chi connectivity index (χ1n) is 6.81. The second-order valence-electron chi connectivity index (χ2n) is 5.20. The Labute approximate surface area is 136 Å². The molecule has 1 atom stereocenters. The molecule has 0 spiro atoms. The number of hydrogen-bond donors (Lipinski definition) is 2. The summed E-state index contributed by atoms with van der Waals surface area (Å²) in [5, 5.41) is 4.36. The van der Waals surface area contributed by atoms with E-state index < -0.39 is 27.3 Å². The van der Waals surface area contributed by atoms with Gasteiger partial charge in [-0.2, -0.15) is 0 Å². The van der Waals surface area contributed by atoms with Crippen molar-refractivity contribution in [1.29, 1.82) is 0 Å². The number of aromatic amines is 1. The summed E-state index contributed by atoms with van der Waals surface area (Å²) in [6, 6.07) is 6.48. The number of benzene rings is 1. The van der Waals surface area contributed by atoms with Crippen molar-refractivity contribution in [2.24, 2.45) is 0 Å². The van der Waals surface area contributed by atoms with Crippen molar-refractivity contribution in [2.45, 2.75) is 10.9 Å². The maximum atomic E-state index is 12.2. The monoisotopic (exact) mass is 350 g/mol. The molecule has 3 rings (SSSR count). The van der Waals surface area contributed by atoms with E-state index in [1.807, 2.05) is 24.5 Å². The van der Waals surface area contributed by atoms with Gasteiger partial charge >= 0.3 is 0 Å². The Morgan fingerprint density at radius 1 is 1.35 bits per heavy atom. The zero-order valence-electron chi connectivity index (χ0n) is 12.2. The third-order valence-electron chi connectivity index (χ3n) is 3.54. The van der Waals surface area contributed by atoms with E-state index in [-0.39, 0.29) is 11.3 Å². The summed E-state index contributed by atoms with van der Waals surface area (Å²) in [6.45, 7) is 0. The summed E-state index contributed by atoms with van der Waals surface area (Å²) in [7, 11) is -3.26. The van der Waals surface area contributed by atoms with Gasteiger partial charge in [-0.1, -0.05) is 6.07 Å². The zero-order valence-corrected chi connectivity index (χ0v) is 13.8. The third-order valence-corrected chi connectivity index (χ3v) is 5.67. The number of amides is 1. The Bertz CT molecular complexity index is 977.